The maximum absolute atomic E-state index is 6.67. The highest BCUT2D eigenvalue weighted by molar-refractivity contribution is 5.05. The lowest BCUT2D eigenvalue weighted by molar-refractivity contribution is -0.0128. The van der Waals surface area contributed by atoms with E-state index >= 15 is 0 Å². The Morgan fingerprint density at radius 1 is 0.667 bits per heavy atom. The van der Waals surface area contributed by atoms with Crippen LogP contribution in [-0.4, -0.2) is 5.54 Å². The van der Waals surface area contributed by atoms with Crippen LogP contribution >= 0.6 is 0 Å². The van der Waals surface area contributed by atoms with Crippen molar-refractivity contribution in [1.29, 1.82) is 0 Å². The predicted molar refractivity (Wildman–Crippen MR) is 69.8 cm³/mol. The first-order valence-electron chi connectivity index (χ1n) is 6.18. The van der Waals surface area contributed by atoms with Gasteiger partial charge < -0.3 is 5.73 Å². The molecule has 15 heavy (non-hydrogen) atoms. The maximum Gasteiger partial charge on any atom is 0.0234 e. The average molecular weight is 213 g/mol. The molecule has 0 rings (SSSR count). The van der Waals surface area contributed by atoms with Crippen LogP contribution in [0.5, 0.6) is 0 Å². The molecule has 0 aromatic rings. The first kappa shape index (κ1) is 15.0. The topological polar surface area (TPSA) is 26.0 Å². The number of rotatable bonds is 4. The highest BCUT2D eigenvalue weighted by atomic mass is 14.8. The van der Waals surface area contributed by atoms with Crippen LogP contribution in [0.1, 0.15) is 62.3 Å². The standard InChI is InChI=1S/C14H31N/c1-10(2)12(5,6)14(9,15)13(7,8)11(3)4/h10-11H,15H2,1-9H3. The lowest BCUT2D eigenvalue weighted by Gasteiger charge is -2.55. The second-order valence-corrected chi connectivity index (χ2v) is 6.96. The Balaban J connectivity index is 5.30. The first-order valence-corrected chi connectivity index (χ1v) is 6.18. The molecule has 0 fully saturated rings. The van der Waals surface area contributed by atoms with Crippen molar-refractivity contribution in [1.82, 2.24) is 0 Å². The average Bonchev–Trinajstić information content (AvgIpc) is 2.02. The zero-order chi connectivity index (χ0) is 12.7. The van der Waals surface area contributed by atoms with Gasteiger partial charge in [0, 0.05) is 5.54 Å². The van der Waals surface area contributed by atoms with Crippen LogP contribution in [0.2, 0.25) is 0 Å². The van der Waals surface area contributed by atoms with Gasteiger partial charge in [-0.15, -0.1) is 0 Å². The van der Waals surface area contributed by atoms with Crippen molar-refractivity contribution in [2.24, 2.45) is 28.4 Å². The van der Waals surface area contributed by atoms with E-state index < -0.39 is 0 Å². The fourth-order valence-electron chi connectivity index (χ4n) is 2.03. The van der Waals surface area contributed by atoms with Crippen molar-refractivity contribution >= 4 is 0 Å². The first-order chi connectivity index (χ1) is 6.39. The van der Waals surface area contributed by atoms with Gasteiger partial charge in [0.15, 0.2) is 0 Å². The highest BCUT2D eigenvalue weighted by Crippen LogP contribution is 2.49. The molecule has 0 saturated heterocycles. The summed E-state index contributed by atoms with van der Waals surface area (Å²) < 4.78 is 0. The van der Waals surface area contributed by atoms with Gasteiger partial charge in [-0.1, -0.05) is 55.4 Å². The molecule has 0 spiro atoms. The van der Waals surface area contributed by atoms with Crippen molar-refractivity contribution in [2.75, 3.05) is 0 Å². The fourth-order valence-corrected chi connectivity index (χ4v) is 2.03. The van der Waals surface area contributed by atoms with Gasteiger partial charge >= 0.3 is 0 Å². The molecule has 0 aliphatic rings. The summed E-state index contributed by atoms with van der Waals surface area (Å²) in [6, 6.07) is 0. The second kappa shape index (κ2) is 4.08. The number of hydrogen-bond donors (Lipinski definition) is 1. The summed E-state index contributed by atoms with van der Waals surface area (Å²) in [5, 5.41) is 0. The van der Waals surface area contributed by atoms with Gasteiger partial charge in [0.05, 0.1) is 0 Å². The third-order valence-electron chi connectivity index (χ3n) is 5.56. The minimum atomic E-state index is -0.164. The summed E-state index contributed by atoms with van der Waals surface area (Å²) in [6.45, 7) is 20.5. The summed E-state index contributed by atoms with van der Waals surface area (Å²) >= 11 is 0. The SMILES string of the molecule is CC(C)C(C)(C)C(C)(N)C(C)(C)C(C)C. The molecule has 1 heteroatoms. The highest BCUT2D eigenvalue weighted by Gasteiger charge is 2.50. The molecule has 0 amide bonds. The molecular formula is C14H31N. The third kappa shape index (κ3) is 2.22. The van der Waals surface area contributed by atoms with E-state index in [0.29, 0.717) is 11.8 Å². The van der Waals surface area contributed by atoms with E-state index in [1.807, 2.05) is 0 Å². The van der Waals surface area contributed by atoms with E-state index in [4.69, 9.17) is 5.73 Å². The van der Waals surface area contributed by atoms with Crippen LogP contribution in [-0.2, 0) is 0 Å². The number of nitrogens with two attached hydrogens (primary N) is 1. The van der Waals surface area contributed by atoms with Crippen LogP contribution in [0, 0.1) is 22.7 Å². The molecule has 0 aromatic heterocycles. The minimum Gasteiger partial charge on any atom is -0.324 e. The van der Waals surface area contributed by atoms with E-state index in [0.717, 1.165) is 0 Å². The molecule has 0 aliphatic heterocycles. The molecule has 0 saturated carbocycles. The van der Waals surface area contributed by atoms with Gasteiger partial charge in [0.2, 0.25) is 0 Å². The van der Waals surface area contributed by atoms with Crippen LogP contribution in [0.4, 0.5) is 0 Å². The molecule has 0 unspecified atom stereocenters. The van der Waals surface area contributed by atoms with Gasteiger partial charge in [-0.3, -0.25) is 0 Å². The summed E-state index contributed by atoms with van der Waals surface area (Å²) in [7, 11) is 0. The molecule has 0 radical (unpaired) electrons. The Morgan fingerprint density at radius 3 is 1.00 bits per heavy atom. The second-order valence-electron chi connectivity index (χ2n) is 6.96. The predicted octanol–water partition coefficient (Wildman–Crippen LogP) is 4.07. The van der Waals surface area contributed by atoms with E-state index in [2.05, 4.69) is 62.3 Å². The van der Waals surface area contributed by atoms with Gasteiger partial charge in [-0.05, 0) is 29.6 Å². The van der Waals surface area contributed by atoms with Crippen molar-refractivity contribution in [3.63, 3.8) is 0 Å². The molecule has 2 N–H and O–H groups in total. The van der Waals surface area contributed by atoms with Crippen molar-refractivity contribution in [3.8, 4) is 0 Å². The van der Waals surface area contributed by atoms with Gasteiger partial charge in [-0.2, -0.15) is 0 Å². The monoisotopic (exact) mass is 213 g/mol. The Hall–Kier alpha value is -0.0400. The summed E-state index contributed by atoms with van der Waals surface area (Å²) in [6.07, 6.45) is 0. The van der Waals surface area contributed by atoms with E-state index in [1.165, 1.54) is 0 Å². The van der Waals surface area contributed by atoms with Crippen molar-refractivity contribution < 1.29 is 0 Å². The molecule has 0 aromatic carbocycles. The van der Waals surface area contributed by atoms with Crippen molar-refractivity contribution in [3.05, 3.63) is 0 Å². The Labute approximate surface area is 96.8 Å². The van der Waals surface area contributed by atoms with Gasteiger partial charge in [0.1, 0.15) is 0 Å². The van der Waals surface area contributed by atoms with Crippen LogP contribution in [0.3, 0.4) is 0 Å². The zero-order valence-electron chi connectivity index (χ0n) is 12.2. The Morgan fingerprint density at radius 2 is 0.867 bits per heavy atom. The van der Waals surface area contributed by atoms with Gasteiger partial charge in [-0.25, -0.2) is 0 Å². The minimum absolute atomic E-state index is 0.140. The van der Waals surface area contributed by atoms with Crippen LogP contribution in [0.25, 0.3) is 0 Å². The molecule has 0 aliphatic carbocycles. The van der Waals surface area contributed by atoms with E-state index in [-0.39, 0.29) is 16.4 Å². The van der Waals surface area contributed by atoms with E-state index in [9.17, 15) is 0 Å². The Bertz CT molecular complexity index is 187. The molecule has 0 heterocycles. The molecule has 0 atom stereocenters. The summed E-state index contributed by atoms with van der Waals surface area (Å²) in [5.74, 6) is 1.18. The van der Waals surface area contributed by atoms with Gasteiger partial charge in [0.25, 0.3) is 0 Å². The van der Waals surface area contributed by atoms with Crippen LogP contribution in [0.15, 0.2) is 0 Å². The quantitative estimate of drug-likeness (QED) is 0.748. The number of hydrogen-bond acceptors (Lipinski definition) is 1. The Kier molecular flexibility index (Phi) is 4.07. The molecule has 92 valence electrons. The largest absolute Gasteiger partial charge is 0.324 e. The van der Waals surface area contributed by atoms with E-state index in [1.54, 1.807) is 0 Å². The third-order valence-corrected chi connectivity index (χ3v) is 5.56. The van der Waals surface area contributed by atoms with Crippen LogP contribution < -0.4 is 5.73 Å². The fraction of sp³-hybridized carbons (Fsp3) is 1.00. The molecule has 0 bridgehead atoms. The summed E-state index contributed by atoms with van der Waals surface area (Å²) in [5.41, 5.74) is 6.79. The maximum atomic E-state index is 6.67. The molecule has 1 nitrogen and oxygen atoms in total. The normalized spacial score (nSPS) is 15.2. The zero-order valence-corrected chi connectivity index (χ0v) is 12.2. The lowest BCUT2D eigenvalue weighted by atomic mass is 9.53. The summed E-state index contributed by atoms with van der Waals surface area (Å²) in [4.78, 5) is 0. The molecular weight excluding hydrogens is 182 g/mol. The van der Waals surface area contributed by atoms with Crippen molar-refractivity contribution in [2.45, 2.75) is 67.9 Å². The smallest absolute Gasteiger partial charge is 0.0234 e. The lowest BCUT2D eigenvalue weighted by Crippen LogP contribution is -2.63.